The molecule has 2 aromatic rings. The smallest absolute Gasteiger partial charge is 0.204 e. The average molecular weight is 428 g/mol. The Morgan fingerprint density at radius 2 is 1.61 bits per heavy atom. The standard InChI is InChI=1S/C21H26N2O2.C2H2O4/c1-22-10-4-7-18(22)21(25)15-8-11-23(12-9-15)19-13-16-5-2-3-6-17(16)14-20(19)24;3-5-1-2-6-4/h2-7,10,15,19-20,24H,8-9,11-14H2,1H3;3-4H. The van der Waals surface area contributed by atoms with E-state index < -0.39 is 0 Å². The van der Waals surface area contributed by atoms with Crippen molar-refractivity contribution in [1.29, 1.82) is 0 Å². The zero-order valence-corrected chi connectivity index (χ0v) is 17.5. The molecule has 166 valence electrons. The van der Waals surface area contributed by atoms with Gasteiger partial charge in [0.05, 0.1) is 11.8 Å². The van der Waals surface area contributed by atoms with Crippen molar-refractivity contribution < 1.29 is 30.2 Å². The first-order chi connectivity index (χ1) is 15.0. The van der Waals surface area contributed by atoms with E-state index in [9.17, 15) is 9.90 Å². The first-order valence-corrected chi connectivity index (χ1v) is 10.3. The van der Waals surface area contributed by atoms with E-state index >= 15 is 0 Å². The van der Waals surface area contributed by atoms with Gasteiger partial charge in [0.25, 0.3) is 0 Å². The number of rotatable bonds is 3. The van der Waals surface area contributed by atoms with Gasteiger partial charge in [-0.15, -0.1) is 0 Å². The maximum absolute atomic E-state index is 12.7. The molecule has 4 rings (SSSR count). The normalized spacial score (nSPS) is 21.0. The molecule has 2 aliphatic rings. The third-order valence-corrected chi connectivity index (χ3v) is 6.12. The second-order valence-corrected chi connectivity index (χ2v) is 7.88. The van der Waals surface area contributed by atoms with Crippen LogP contribution in [0.1, 0.15) is 34.5 Å². The van der Waals surface area contributed by atoms with Crippen LogP contribution in [0.3, 0.4) is 0 Å². The third kappa shape index (κ3) is 5.66. The summed E-state index contributed by atoms with van der Waals surface area (Å²) in [6, 6.07) is 12.5. The molecular formula is C23H28N2O6. The molecule has 1 fully saturated rings. The Balaban J connectivity index is 0.000000401. The number of benzene rings is 1. The van der Waals surface area contributed by atoms with E-state index in [0.717, 1.165) is 44.5 Å². The van der Waals surface area contributed by atoms with Crippen molar-refractivity contribution in [3.05, 3.63) is 59.4 Å². The van der Waals surface area contributed by atoms with Crippen LogP contribution in [-0.4, -0.2) is 56.1 Å². The highest BCUT2D eigenvalue weighted by molar-refractivity contribution is 5.96. The van der Waals surface area contributed by atoms with Crippen LogP contribution in [-0.2, 0) is 29.7 Å². The van der Waals surface area contributed by atoms with Crippen molar-refractivity contribution in [3.8, 4) is 12.2 Å². The lowest BCUT2D eigenvalue weighted by atomic mass is 9.83. The highest BCUT2D eigenvalue weighted by Gasteiger charge is 2.35. The maximum Gasteiger partial charge on any atom is 0.204 e. The number of hydrogen-bond donors (Lipinski definition) is 3. The molecule has 0 radical (unpaired) electrons. The van der Waals surface area contributed by atoms with Crippen LogP contribution in [0.2, 0.25) is 0 Å². The molecule has 2 heterocycles. The minimum atomic E-state index is -0.310. The van der Waals surface area contributed by atoms with Crippen LogP contribution in [0.25, 0.3) is 0 Å². The van der Waals surface area contributed by atoms with Gasteiger partial charge in [-0.05, 0) is 55.6 Å². The van der Waals surface area contributed by atoms with Gasteiger partial charge in [0.2, 0.25) is 12.2 Å². The quantitative estimate of drug-likeness (QED) is 0.298. The number of carbonyl (C=O) groups excluding carboxylic acids is 1. The highest BCUT2D eigenvalue weighted by atomic mass is 17.1. The van der Waals surface area contributed by atoms with Crippen LogP contribution in [0.5, 0.6) is 0 Å². The van der Waals surface area contributed by atoms with Crippen molar-refractivity contribution in [3.63, 3.8) is 0 Å². The number of likely N-dealkylation sites (tertiary alicyclic amines) is 1. The number of piperidine rings is 1. The first-order valence-electron chi connectivity index (χ1n) is 10.3. The molecular weight excluding hydrogens is 400 g/mol. The van der Waals surface area contributed by atoms with E-state index in [1.807, 2.05) is 36.0 Å². The summed E-state index contributed by atoms with van der Waals surface area (Å²) in [5.41, 5.74) is 3.45. The summed E-state index contributed by atoms with van der Waals surface area (Å²) < 4.78 is 1.91. The number of nitrogens with zero attached hydrogens (tertiary/aromatic N) is 2. The van der Waals surface area contributed by atoms with Gasteiger partial charge in [-0.1, -0.05) is 24.3 Å². The van der Waals surface area contributed by atoms with Crippen LogP contribution in [0.4, 0.5) is 0 Å². The second-order valence-electron chi connectivity index (χ2n) is 7.88. The Kier molecular flexibility index (Phi) is 8.09. The number of fused-ring (bicyclic) bond motifs is 1. The molecule has 8 heteroatoms. The Labute approximate surface area is 181 Å². The van der Waals surface area contributed by atoms with E-state index in [0.29, 0.717) is 0 Å². The predicted octanol–water partition coefficient (Wildman–Crippen LogP) is 2.33. The molecule has 2 unspecified atom stereocenters. The zero-order chi connectivity index (χ0) is 22.2. The molecule has 0 bridgehead atoms. The molecule has 2 atom stereocenters. The van der Waals surface area contributed by atoms with Gasteiger partial charge in [0.1, 0.15) is 0 Å². The zero-order valence-electron chi connectivity index (χ0n) is 17.5. The molecule has 1 aromatic heterocycles. The molecule has 1 saturated heterocycles. The SMILES string of the molecule is Cn1cccc1C(=O)C1CCN(C2Cc3ccccc3CC2O)CC1.OOC#COO. The topological polar surface area (TPSA) is 104 Å². The number of aliphatic hydroxyl groups excluding tert-OH is 1. The third-order valence-electron chi connectivity index (χ3n) is 6.12. The molecule has 1 aromatic carbocycles. The molecule has 1 aliphatic heterocycles. The summed E-state index contributed by atoms with van der Waals surface area (Å²) in [5.74, 6) is 0.375. The minimum absolute atomic E-state index is 0.109. The van der Waals surface area contributed by atoms with E-state index in [-0.39, 0.29) is 23.8 Å². The number of Topliss-reactive ketones (excluding diaryl/α,β-unsaturated/α-hetero) is 1. The highest BCUT2D eigenvalue weighted by Crippen LogP contribution is 2.29. The molecule has 0 spiro atoms. The maximum atomic E-state index is 12.7. The average Bonchev–Trinajstić information content (AvgIpc) is 3.23. The van der Waals surface area contributed by atoms with Crippen molar-refractivity contribution in [2.45, 2.75) is 37.8 Å². The van der Waals surface area contributed by atoms with Crippen LogP contribution in [0, 0.1) is 18.1 Å². The lowest BCUT2D eigenvalue weighted by molar-refractivity contribution is -0.188. The van der Waals surface area contributed by atoms with Gasteiger partial charge < -0.3 is 9.67 Å². The molecule has 1 aliphatic carbocycles. The predicted molar refractivity (Wildman–Crippen MR) is 113 cm³/mol. The van der Waals surface area contributed by atoms with Crippen molar-refractivity contribution in [2.24, 2.45) is 13.0 Å². The molecule has 0 saturated carbocycles. The lowest BCUT2D eigenvalue weighted by Gasteiger charge is -2.41. The van der Waals surface area contributed by atoms with Crippen molar-refractivity contribution >= 4 is 5.78 Å². The summed E-state index contributed by atoms with van der Waals surface area (Å²) >= 11 is 0. The summed E-state index contributed by atoms with van der Waals surface area (Å²) in [6.45, 7) is 1.79. The van der Waals surface area contributed by atoms with Gasteiger partial charge in [-0.2, -0.15) is 10.5 Å². The summed E-state index contributed by atoms with van der Waals surface area (Å²) in [7, 11) is 1.93. The van der Waals surface area contributed by atoms with E-state index in [1.165, 1.54) is 23.3 Å². The van der Waals surface area contributed by atoms with E-state index in [4.69, 9.17) is 10.5 Å². The first kappa shape index (κ1) is 22.8. The number of carbonyl (C=O) groups is 1. The van der Waals surface area contributed by atoms with Crippen molar-refractivity contribution in [2.75, 3.05) is 13.1 Å². The van der Waals surface area contributed by atoms with Gasteiger partial charge in [0, 0.05) is 31.6 Å². The molecule has 8 nitrogen and oxygen atoms in total. The molecule has 0 amide bonds. The van der Waals surface area contributed by atoms with Gasteiger partial charge in [0.15, 0.2) is 5.78 Å². The monoisotopic (exact) mass is 428 g/mol. The fourth-order valence-corrected chi connectivity index (χ4v) is 4.51. The number of aromatic nitrogens is 1. The molecule has 31 heavy (non-hydrogen) atoms. The van der Waals surface area contributed by atoms with E-state index in [1.54, 1.807) is 0 Å². The number of aliphatic hydroxyl groups is 1. The van der Waals surface area contributed by atoms with Crippen LogP contribution >= 0.6 is 0 Å². The van der Waals surface area contributed by atoms with Gasteiger partial charge in [-0.25, -0.2) is 0 Å². The largest absolute Gasteiger partial charge is 0.391 e. The van der Waals surface area contributed by atoms with E-state index in [2.05, 4.69) is 32.9 Å². The van der Waals surface area contributed by atoms with Gasteiger partial charge in [-0.3, -0.25) is 19.5 Å². The van der Waals surface area contributed by atoms with Crippen molar-refractivity contribution in [1.82, 2.24) is 9.47 Å². The number of aryl methyl sites for hydroxylation is 1. The van der Waals surface area contributed by atoms with Crippen LogP contribution < -0.4 is 0 Å². The minimum Gasteiger partial charge on any atom is -0.391 e. The van der Waals surface area contributed by atoms with Crippen LogP contribution in [0.15, 0.2) is 42.6 Å². The lowest BCUT2D eigenvalue weighted by Crippen LogP contribution is -2.51. The Hall–Kier alpha value is -2.83. The summed E-state index contributed by atoms with van der Waals surface area (Å²) in [6.07, 6.45) is 8.10. The summed E-state index contributed by atoms with van der Waals surface area (Å²) in [4.78, 5) is 21.4. The Morgan fingerprint density at radius 3 is 2.16 bits per heavy atom. The molecule has 3 N–H and O–H groups in total. The Morgan fingerprint density at radius 1 is 1.00 bits per heavy atom. The number of ketones is 1. The Bertz CT molecular complexity index is 915. The summed E-state index contributed by atoms with van der Waals surface area (Å²) in [5, 5.41) is 25.3. The fraction of sp³-hybridized carbons (Fsp3) is 0.435. The number of hydrogen-bond acceptors (Lipinski definition) is 7. The van der Waals surface area contributed by atoms with Gasteiger partial charge >= 0.3 is 0 Å². The fourth-order valence-electron chi connectivity index (χ4n) is 4.51. The second kappa shape index (κ2) is 11.0.